The fourth-order valence-electron chi connectivity index (χ4n) is 3.23. The number of benzene rings is 2. The number of hydrogen-bond acceptors (Lipinski definition) is 6. The third kappa shape index (κ3) is 4.34. The van der Waals surface area contributed by atoms with Crippen molar-refractivity contribution >= 4 is 0 Å². The molecule has 0 saturated carbocycles. The molecule has 160 valence electrons. The molecular formula is C24H20FN5O2. The van der Waals surface area contributed by atoms with Crippen molar-refractivity contribution < 1.29 is 14.2 Å². The molecular weight excluding hydrogens is 409 g/mol. The monoisotopic (exact) mass is 429 g/mol. The molecule has 2 aromatic carbocycles. The number of aromatic nitrogens is 3. The molecule has 3 N–H and O–H groups in total. The molecule has 0 saturated heterocycles. The van der Waals surface area contributed by atoms with Crippen LogP contribution in [0.15, 0.2) is 66.9 Å². The number of hydrogen-bond donors (Lipinski definition) is 2. The molecule has 0 aliphatic carbocycles. The van der Waals surface area contributed by atoms with Crippen LogP contribution in [0.4, 0.5) is 4.39 Å². The zero-order valence-electron chi connectivity index (χ0n) is 17.2. The number of ether oxygens (including phenoxy) is 1. The minimum absolute atomic E-state index is 0.0976. The van der Waals surface area contributed by atoms with Crippen LogP contribution < -0.4 is 10.5 Å². The third-order valence-electron chi connectivity index (χ3n) is 4.95. The van der Waals surface area contributed by atoms with Gasteiger partial charge in [0, 0.05) is 42.5 Å². The lowest BCUT2D eigenvalue weighted by molar-refractivity contribution is 0.186. The van der Waals surface area contributed by atoms with E-state index < -0.39 is 6.10 Å². The lowest BCUT2D eigenvalue weighted by atomic mass is 10.1. The molecule has 0 spiro atoms. The maximum atomic E-state index is 13.6. The first-order valence-electron chi connectivity index (χ1n) is 9.85. The van der Waals surface area contributed by atoms with Crippen LogP contribution in [0.1, 0.15) is 17.2 Å². The van der Waals surface area contributed by atoms with E-state index in [1.54, 1.807) is 61.8 Å². The average molecular weight is 429 g/mol. The Kier molecular flexibility index (Phi) is 5.94. The summed E-state index contributed by atoms with van der Waals surface area (Å²) in [5.41, 5.74) is 8.97. The SMILES string of the molecule is Cn1nc(-c2cccc(F)c2)cc1Oc1cc(C#N)ccc1-c1ccc([C@H](O)CN)cn1. The Morgan fingerprint density at radius 1 is 1.16 bits per heavy atom. The Morgan fingerprint density at radius 3 is 2.69 bits per heavy atom. The molecule has 0 fully saturated rings. The fourth-order valence-corrected chi connectivity index (χ4v) is 3.23. The molecule has 2 aromatic heterocycles. The van der Waals surface area contributed by atoms with Crippen molar-refractivity contribution in [3.05, 3.63) is 83.8 Å². The first-order valence-corrected chi connectivity index (χ1v) is 9.85. The van der Waals surface area contributed by atoms with Crippen LogP contribution in [-0.2, 0) is 7.05 Å². The quantitative estimate of drug-likeness (QED) is 0.480. The number of aliphatic hydroxyl groups excluding tert-OH is 1. The molecule has 1 atom stereocenters. The Morgan fingerprint density at radius 2 is 2.00 bits per heavy atom. The highest BCUT2D eigenvalue weighted by Crippen LogP contribution is 2.35. The second kappa shape index (κ2) is 8.98. The van der Waals surface area contributed by atoms with Crippen LogP contribution in [-0.4, -0.2) is 26.4 Å². The standard InChI is InChI=1S/C24H20FN5O2/c1-30-24(11-21(29-30)16-3-2-4-18(25)10-16)32-23-9-15(12-26)5-7-19(23)20-8-6-17(14-28-20)22(31)13-27/h2-11,14,22,31H,13,27H2,1H3/t22-/m1/s1. The van der Waals surface area contributed by atoms with Crippen LogP contribution in [0.25, 0.3) is 22.5 Å². The minimum atomic E-state index is -0.788. The van der Waals surface area contributed by atoms with E-state index in [0.29, 0.717) is 45.3 Å². The van der Waals surface area contributed by atoms with Crippen LogP contribution in [0.5, 0.6) is 11.6 Å². The zero-order valence-corrected chi connectivity index (χ0v) is 17.2. The molecule has 0 aliphatic rings. The van der Waals surface area contributed by atoms with Gasteiger partial charge >= 0.3 is 0 Å². The Labute approximate surface area is 184 Å². The molecule has 4 aromatic rings. The van der Waals surface area contributed by atoms with E-state index in [4.69, 9.17) is 10.5 Å². The largest absolute Gasteiger partial charge is 0.439 e. The first kappa shape index (κ1) is 21.2. The second-order valence-electron chi connectivity index (χ2n) is 7.15. The van der Waals surface area contributed by atoms with E-state index in [9.17, 15) is 14.8 Å². The van der Waals surface area contributed by atoms with E-state index >= 15 is 0 Å². The smallest absolute Gasteiger partial charge is 0.218 e. The van der Waals surface area contributed by atoms with Crippen molar-refractivity contribution in [2.45, 2.75) is 6.10 Å². The predicted octanol–water partition coefficient (Wildman–Crippen LogP) is 3.94. The van der Waals surface area contributed by atoms with Gasteiger partial charge in [0.25, 0.3) is 0 Å². The number of nitriles is 1. The van der Waals surface area contributed by atoms with E-state index in [0.717, 1.165) is 0 Å². The van der Waals surface area contributed by atoms with Crippen LogP contribution in [0.3, 0.4) is 0 Å². The van der Waals surface area contributed by atoms with Gasteiger partial charge in [0.1, 0.15) is 11.6 Å². The lowest BCUT2D eigenvalue weighted by Crippen LogP contribution is -2.11. The minimum Gasteiger partial charge on any atom is -0.439 e. The second-order valence-corrected chi connectivity index (χ2v) is 7.15. The van der Waals surface area contributed by atoms with Crippen LogP contribution >= 0.6 is 0 Å². The molecule has 0 aliphatic heterocycles. The number of rotatable bonds is 6. The number of halogens is 1. The van der Waals surface area contributed by atoms with Crippen molar-refractivity contribution in [1.29, 1.82) is 5.26 Å². The highest BCUT2D eigenvalue weighted by Gasteiger charge is 2.15. The van der Waals surface area contributed by atoms with Gasteiger partial charge in [-0.1, -0.05) is 18.2 Å². The van der Waals surface area contributed by atoms with Gasteiger partial charge in [-0.3, -0.25) is 4.98 Å². The van der Waals surface area contributed by atoms with Crippen molar-refractivity contribution in [2.24, 2.45) is 12.8 Å². The molecule has 32 heavy (non-hydrogen) atoms. The van der Waals surface area contributed by atoms with E-state index in [-0.39, 0.29) is 12.4 Å². The van der Waals surface area contributed by atoms with E-state index in [2.05, 4.69) is 16.2 Å². The van der Waals surface area contributed by atoms with Gasteiger partial charge in [-0.25, -0.2) is 9.07 Å². The first-order chi connectivity index (χ1) is 15.5. The highest BCUT2D eigenvalue weighted by molar-refractivity contribution is 5.69. The van der Waals surface area contributed by atoms with Gasteiger partial charge in [-0.2, -0.15) is 10.4 Å². The number of nitrogens with two attached hydrogens (primary N) is 1. The molecule has 8 heteroatoms. The molecule has 0 unspecified atom stereocenters. The number of nitrogens with zero attached hydrogens (tertiary/aromatic N) is 4. The summed E-state index contributed by atoms with van der Waals surface area (Å²) in [6, 6.07) is 18.5. The van der Waals surface area contributed by atoms with Crippen molar-refractivity contribution in [1.82, 2.24) is 14.8 Å². The summed E-state index contributed by atoms with van der Waals surface area (Å²) in [5, 5.41) is 23.6. The summed E-state index contributed by atoms with van der Waals surface area (Å²) in [6.45, 7) is 0.0976. The van der Waals surface area contributed by atoms with Crippen molar-refractivity contribution in [2.75, 3.05) is 6.54 Å². The van der Waals surface area contributed by atoms with Gasteiger partial charge in [0.15, 0.2) is 0 Å². The molecule has 7 nitrogen and oxygen atoms in total. The maximum Gasteiger partial charge on any atom is 0.218 e. The molecule has 4 rings (SSSR count). The summed E-state index contributed by atoms with van der Waals surface area (Å²) < 4.78 is 21.3. The summed E-state index contributed by atoms with van der Waals surface area (Å²) in [5.74, 6) is 0.474. The third-order valence-corrected chi connectivity index (χ3v) is 4.95. The van der Waals surface area contributed by atoms with Gasteiger partial charge in [-0.05, 0) is 36.4 Å². The van der Waals surface area contributed by atoms with Gasteiger partial charge in [-0.15, -0.1) is 0 Å². The van der Waals surface area contributed by atoms with Crippen LogP contribution in [0, 0.1) is 17.1 Å². The normalized spacial score (nSPS) is 11.7. The molecule has 2 heterocycles. The molecule has 0 amide bonds. The lowest BCUT2D eigenvalue weighted by Gasteiger charge is -2.12. The summed E-state index contributed by atoms with van der Waals surface area (Å²) in [6.07, 6.45) is 0.768. The van der Waals surface area contributed by atoms with E-state index in [1.807, 2.05) is 0 Å². The molecule has 0 bridgehead atoms. The van der Waals surface area contributed by atoms with Gasteiger partial charge in [0.05, 0.1) is 29.1 Å². The molecule has 0 radical (unpaired) electrons. The van der Waals surface area contributed by atoms with Crippen molar-refractivity contribution in [3.63, 3.8) is 0 Å². The Bertz CT molecular complexity index is 1290. The maximum absolute atomic E-state index is 13.6. The highest BCUT2D eigenvalue weighted by atomic mass is 19.1. The van der Waals surface area contributed by atoms with Crippen LogP contribution in [0.2, 0.25) is 0 Å². The number of pyridine rings is 1. The Balaban J connectivity index is 1.71. The van der Waals surface area contributed by atoms with E-state index in [1.165, 1.54) is 16.8 Å². The van der Waals surface area contributed by atoms with Gasteiger partial charge in [0.2, 0.25) is 5.88 Å². The topological polar surface area (TPSA) is 110 Å². The Hall–Kier alpha value is -4.06. The summed E-state index contributed by atoms with van der Waals surface area (Å²) in [4.78, 5) is 4.42. The summed E-state index contributed by atoms with van der Waals surface area (Å²) >= 11 is 0. The number of aliphatic hydroxyl groups is 1. The zero-order chi connectivity index (χ0) is 22.7. The fraction of sp³-hybridized carbons (Fsp3) is 0.125. The van der Waals surface area contributed by atoms with Gasteiger partial charge < -0.3 is 15.6 Å². The predicted molar refractivity (Wildman–Crippen MR) is 117 cm³/mol. The summed E-state index contributed by atoms with van der Waals surface area (Å²) in [7, 11) is 1.72. The average Bonchev–Trinajstić information content (AvgIpc) is 3.18. The van der Waals surface area contributed by atoms with Crippen molar-refractivity contribution in [3.8, 4) is 40.2 Å². The number of aryl methyl sites for hydroxylation is 1.